The molecule has 2 N–H and O–H groups in total. The molecule has 24 heavy (non-hydrogen) atoms. The number of benzene rings is 1. The van der Waals surface area contributed by atoms with Crippen LogP contribution in [0.5, 0.6) is 5.75 Å². The lowest BCUT2D eigenvalue weighted by molar-refractivity contribution is -0.115. The largest absolute Gasteiger partial charge is 0.488 e. The van der Waals surface area contributed by atoms with E-state index >= 15 is 0 Å². The third-order valence-electron chi connectivity index (χ3n) is 3.73. The number of hydrogen-bond donors (Lipinski definition) is 2. The predicted molar refractivity (Wildman–Crippen MR) is 95.9 cm³/mol. The summed E-state index contributed by atoms with van der Waals surface area (Å²) in [7, 11) is -3.45. The maximum absolute atomic E-state index is 11.7. The molecule has 1 amide bonds. The molecule has 132 valence electrons. The van der Waals surface area contributed by atoms with E-state index < -0.39 is 10.0 Å². The number of nitrogens with one attached hydrogen (secondary N) is 2. The maximum Gasteiger partial charge on any atom is 0.229 e. The summed E-state index contributed by atoms with van der Waals surface area (Å²) in [5.41, 5.74) is 0.837. The summed E-state index contributed by atoms with van der Waals surface area (Å²) in [6.07, 6.45) is 8.26. The molecule has 0 atom stereocenters. The molecule has 7 heteroatoms. The van der Waals surface area contributed by atoms with Gasteiger partial charge in [-0.05, 0) is 43.9 Å². The fourth-order valence-electron chi connectivity index (χ4n) is 2.70. The highest BCUT2D eigenvalue weighted by molar-refractivity contribution is 7.92. The molecule has 1 saturated carbocycles. The minimum atomic E-state index is -3.45. The molecule has 0 spiro atoms. The summed E-state index contributed by atoms with van der Waals surface area (Å²) in [4.78, 5) is 11.7. The van der Waals surface area contributed by atoms with Gasteiger partial charge in [-0.25, -0.2) is 8.42 Å². The van der Waals surface area contributed by atoms with Crippen LogP contribution in [0.25, 0.3) is 0 Å². The van der Waals surface area contributed by atoms with Crippen LogP contribution in [0, 0.1) is 0 Å². The summed E-state index contributed by atoms with van der Waals surface area (Å²) >= 11 is 0. The van der Waals surface area contributed by atoms with Crippen LogP contribution in [0.4, 0.5) is 11.4 Å². The zero-order chi connectivity index (χ0) is 17.6. The molecule has 1 aromatic carbocycles. The van der Waals surface area contributed by atoms with Gasteiger partial charge in [0.25, 0.3) is 0 Å². The van der Waals surface area contributed by atoms with Crippen LogP contribution >= 0.6 is 0 Å². The van der Waals surface area contributed by atoms with E-state index in [9.17, 15) is 13.2 Å². The second-order valence-corrected chi connectivity index (χ2v) is 7.75. The molecular formula is C17H24N2O4S. The number of rotatable bonds is 7. The zero-order valence-electron chi connectivity index (χ0n) is 13.9. The Balaban J connectivity index is 2.21. The van der Waals surface area contributed by atoms with Crippen molar-refractivity contribution in [2.24, 2.45) is 0 Å². The van der Waals surface area contributed by atoms with Gasteiger partial charge in [0.15, 0.2) is 0 Å². The van der Waals surface area contributed by atoms with Gasteiger partial charge in [-0.15, -0.1) is 6.58 Å². The number of sulfonamides is 1. The number of amides is 1. The number of carbonyl (C=O) groups excluding carboxylic acids is 1. The normalized spacial score (nSPS) is 15.5. The standard InChI is InChI=1S/C17H24N2O4S/c1-3-7-17(20)18-13-10-11-16(15(12-13)19-24(2,21)22)23-14-8-5-4-6-9-14/h3,10-12,14,19H,1,4-9H2,2H3,(H,18,20). The fourth-order valence-corrected chi connectivity index (χ4v) is 3.25. The molecule has 0 unspecified atom stereocenters. The molecule has 0 saturated heterocycles. The van der Waals surface area contributed by atoms with Gasteiger partial charge < -0.3 is 10.1 Å². The van der Waals surface area contributed by atoms with Crippen LogP contribution in [0.2, 0.25) is 0 Å². The summed E-state index contributed by atoms with van der Waals surface area (Å²) in [6, 6.07) is 4.96. The average Bonchev–Trinajstić information content (AvgIpc) is 2.49. The van der Waals surface area contributed by atoms with E-state index in [4.69, 9.17) is 4.74 Å². The molecule has 2 rings (SSSR count). The Kier molecular flexibility index (Phi) is 6.25. The molecule has 6 nitrogen and oxygen atoms in total. The summed E-state index contributed by atoms with van der Waals surface area (Å²) in [5, 5.41) is 2.70. The highest BCUT2D eigenvalue weighted by Crippen LogP contribution is 2.32. The molecule has 0 heterocycles. The first-order valence-electron chi connectivity index (χ1n) is 8.06. The Morgan fingerprint density at radius 1 is 1.33 bits per heavy atom. The van der Waals surface area contributed by atoms with Crippen molar-refractivity contribution in [1.82, 2.24) is 0 Å². The van der Waals surface area contributed by atoms with Gasteiger partial charge in [0.05, 0.1) is 18.0 Å². The minimum absolute atomic E-state index is 0.0973. The lowest BCUT2D eigenvalue weighted by atomic mass is 9.98. The van der Waals surface area contributed by atoms with Gasteiger partial charge in [-0.2, -0.15) is 0 Å². The van der Waals surface area contributed by atoms with E-state index in [0.29, 0.717) is 17.1 Å². The third kappa shape index (κ3) is 5.88. The van der Waals surface area contributed by atoms with E-state index in [-0.39, 0.29) is 18.4 Å². The lowest BCUT2D eigenvalue weighted by Gasteiger charge is -2.24. The van der Waals surface area contributed by atoms with E-state index in [1.54, 1.807) is 18.2 Å². The lowest BCUT2D eigenvalue weighted by Crippen LogP contribution is -2.21. The molecule has 0 bridgehead atoms. The summed E-state index contributed by atoms with van der Waals surface area (Å²) < 4.78 is 31.7. The van der Waals surface area contributed by atoms with E-state index in [0.717, 1.165) is 31.9 Å². The van der Waals surface area contributed by atoms with E-state index in [2.05, 4.69) is 16.6 Å². The predicted octanol–water partition coefficient (Wildman–Crippen LogP) is 3.28. The Hall–Kier alpha value is -2.02. The number of hydrogen-bond acceptors (Lipinski definition) is 4. The van der Waals surface area contributed by atoms with Gasteiger partial charge in [0.2, 0.25) is 15.9 Å². The molecule has 0 aromatic heterocycles. The first kappa shape index (κ1) is 18.3. The SMILES string of the molecule is C=CCC(=O)Nc1ccc(OC2CCCCC2)c(NS(C)(=O)=O)c1. The van der Waals surface area contributed by atoms with Crippen molar-refractivity contribution in [2.45, 2.75) is 44.6 Å². The molecule has 1 aliphatic carbocycles. The van der Waals surface area contributed by atoms with Crippen LogP contribution in [0.1, 0.15) is 38.5 Å². The van der Waals surface area contributed by atoms with Crippen molar-refractivity contribution < 1.29 is 17.9 Å². The quantitative estimate of drug-likeness (QED) is 0.738. The fraction of sp³-hybridized carbons (Fsp3) is 0.471. The molecule has 1 aliphatic rings. The molecule has 0 aliphatic heterocycles. The van der Waals surface area contributed by atoms with Gasteiger partial charge in [0.1, 0.15) is 5.75 Å². The van der Waals surface area contributed by atoms with Crippen LogP contribution < -0.4 is 14.8 Å². The number of carbonyl (C=O) groups is 1. The highest BCUT2D eigenvalue weighted by atomic mass is 32.2. The Morgan fingerprint density at radius 2 is 2.04 bits per heavy atom. The van der Waals surface area contributed by atoms with Crippen molar-refractivity contribution in [3.05, 3.63) is 30.9 Å². The monoisotopic (exact) mass is 352 g/mol. The van der Waals surface area contributed by atoms with Crippen molar-refractivity contribution in [1.29, 1.82) is 0 Å². The average molecular weight is 352 g/mol. The van der Waals surface area contributed by atoms with Crippen LogP contribution in [-0.4, -0.2) is 26.7 Å². The number of anilines is 2. The first-order valence-corrected chi connectivity index (χ1v) is 9.96. The van der Waals surface area contributed by atoms with Crippen molar-refractivity contribution >= 4 is 27.3 Å². The van der Waals surface area contributed by atoms with E-state index in [1.807, 2.05) is 0 Å². The second-order valence-electron chi connectivity index (χ2n) is 6.00. The van der Waals surface area contributed by atoms with Gasteiger partial charge in [0, 0.05) is 12.1 Å². The van der Waals surface area contributed by atoms with Crippen molar-refractivity contribution in [2.75, 3.05) is 16.3 Å². The van der Waals surface area contributed by atoms with Crippen LogP contribution in [0.3, 0.4) is 0 Å². The van der Waals surface area contributed by atoms with Gasteiger partial charge >= 0.3 is 0 Å². The second kappa shape index (κ2) is 8.19. The summed E-state index contributed by atoms with van der Waals surface area (Å²) in [6.45, 7) is 3.51. The van der Waals surface area contributed by atoms with Crippen LogP contribution in [-0.2, 0) is 14.8 Å². The summed E-state index contributed by atoms with van der Waals surface area (Å²) in [5.74, 6) is 0.269. The minimum Gasteiger partial charge on any atom is -0.488 e. The Morgan fingerprint density at radius 3 is 2.67 bits per heavy atom. The zero-order valence-corrected chi connectivity index (χ0v) is 14.7. The first-order chi connectivity index (χ1) is 11.4. The van der Waals surface area contributed by atoms with Crippen molar-refractivity contribution in [3.8, 4) is 5.75 Å². The smallest absolute Gasteiger partial charge is 0.229 e. The molecule has 1 fully saturated rings. The van der Waals surface area contributed by atoms with E-state index in [1.165, 1.54) is 12.5 Å². The van der Waals surface area contributed by atoms with Gasteiger partial charge in [-0.3, -0.25) is 9.52 Å². The molecule has 0 radical (unpaired) electrons. The molecular weight excluding hydrogens is 328 g/mol. The van der Waals surface area contributed by atoms with Crippen LogP contribution in [0.15, 0.2) is 30.9 Å². The topological polar surface area (TPSA) is 84.5 Å². The third-order valence-corrected chi connectivity index (χ3v) is 4.32. The maximum atomic E-state index is 11.7. The molecule has 1 aromatic rings. The number of ether oxygens (including phenoxy) is 1. The highest BCUT2D eigenvalue weighted by Gasteiger charge is 2.18. The van der Waals surface area contributed by atoms with Gasteiger partial charge in [-0.1, -0.05) is 12.5 Å². The van der Waals surface area contributed by atoms with Crippen molar-refractivity contribution in [3.63, 3.8) is 0 Å². The Labute approximate surface area is 143 Å². The Bertz CT molecular complexity index is 695.